The molecule has 0 aromatic carbocycles. The molecule has 0 aromatic heterocycles. The summed E-state index contributed by atoms with van der Waals surface area (Å²) in [5.41, 5.74) is 5.31. The topological polar surface area (TPSA) is 64.3 Å². The van der Waals surface area contributed by atoms with Crippen LogP contribution in [0.4, 0.5) is 0 Å². The van der Waals surface area contributed by atoms with E-state index in [1.807, 2.05) is 0 Å². The molecular weight excluding hydrogens is 252 g/mol. The second kappa shape index (κ2) is 14.7. The second-order valence-corrected chi connectivity index (χ2v) is 4.75. The molecule has 4 nitrogen and oxygen atoms in total. The molecule has 0 saturated heterocycles. The summed E-state index contributed by atoms with van der Waals surface area (Å²) in [4.78, 5) is 11.3. The van der Waals surface area contributed by atoms with Gasteiger partial charge in [-0.15, -0.1) is 12.4 Å². The summed E-state index contributed by atoms with van der Waals surface area (Å²) in [7, 11) is 0. The van der Waals surface area contributed by atoms with E-state index in [-0.39, 0.29) is 18.4 Å². The summed E-state index contributed by atoms with van der Waals surface area (Å²) in [6.45, 7) is 7.04. The molecule has 0 aliphatic carbocycles. The Morgan fingerprint density at radius 1 is 1.22 bits per heavy atom. The van der Waals surface area contributed by atoms with Crippen molar-refractivity contribution >= 4 is 18.4 Å². The van der Waals surface area contributed by atoms with Gasteiger partial charge in [-0.05, 0) is 12.3 Å². The molecule has 0 fully saturated rings. The maximum Gasteiger partial charge on any atom is 0.307 e. The van der Waals surface area contributed by atoms with Crippen LogP contribution in [0, 0.1) is 5.92 Å². The molecule has 0 spiro atoms. The van der Waals surface area contributed by atoms with E-state index in [2.05, 4.69) is 19.2 Å². The van der Waals surface area contributed by atoms with E-state index < -0.39 is 0 Å². The van der Waals surface area contributed by atoms with E-state index in [0.717, 1.165) is 25.3 Å². The average Bonchev–Trinajstić information content (AvgIpc) is 2.29. The van der Waals surface area contributed by atoms with Crippen LogP contribution in [-0.2, 0) is 9.53 Å². The summed E-state index contributed by atoms with van der Waals surface area (Å²) < 4.78 is 5.12. The van der Waals surface area contributed by atoms with Gasteiger partial charge >= 0.3 is 5.97 Å². The molecule has 0 bridgehead atoms. The first-order chi connectivity index (χ1) is 8.16. The largest absolute Gasteiger partial charge is 0.466 e. The van der Waals surface area contributed by atoms with Crippen molar-refractivity contribution in [2.75, 3.05) is 26.2 Å². The van der Waals surface area contributed by atoms with Crippen molar-refractivity contribution in [1.82, 2.24) is 5.32 Å². The van der Waals surface area contributed by atoms with Crippen LogP contribution in [-0.4, -0.2) is 32.2 Å². The van der Waals surface area contributed by atoms with Gasteiger partial charge in [0.05, 0.1) is 13.0 Å². The Morgan fingerprint density at radius 2 is 1.94 bits per heavy atom. The number of carbonyl (C=O) groups excluding carboxylic acids is 1. The minimum Gasteiger partial charge on any atom is -0.466 e. The molecule has 0 aliphatic heterocycles. The highest BCUT2D eigenvalue weighted by Crippen LogP contribution is 2.07. The van der Waals surface area contributed by atoms with Gasteiger partial charge in [0.1, 0.15) is 0 Å². The Bertz CT molecular complexity index is 190. The first kappa shape index (κ1) is 20.0. The van der Waals surface area contributed by atoms with Crippen molar-refractivity contribution < 1.29 is 9.53 Å². The lowest BCUT2D eigenvalue weighted by molar-refractivity contribution is -0.143. The fourth-order valence-corrected chi connectivity index (χ4v) is 1.51. The van der Waals surface area contributed by atoms with Gasteiger partial charge in [0, 0.05) is 19.6 Å². The highest BCUT2D eigenvalue weighted by atomic mass is 35.5. The SMILES string of the molecule is CC(C)CCCCCOC(=O)CCNCCN.Cl. The fraction of sp³-hybridized carbons (Fsp3) is 0.923. The van der Waals surface area contributed by atoms with Crippen molar-refractivity contribution in [3.8, 4) is 0 Å². The molecule has 0 heterocycles. The minimum absolute atomic E-state index is 0. The minimum atomic E-state index is -0.113. The van der Waals surface area contributed by atoms with E-state index in [1.165, 1.54) is 12.8 Å². The highest BCUT2D eigenvalue weighted by Gasteiger charge is 2.01. The Balaban J connectivity index is 0. The summed E-state index contributed by atoms with van der Waals surface area (Å²) in [6.07, 6.45) is 5.06. The molecule has 0 radical (unpaired) electrons. The lowest BCUT2D eigenvalue weighted by Gasteiger charge is -2.06. The molecule has 0 atom stereocenters. The van der Waals surface area contributed by atoms with Crippen molar-refractivity contribution in [3.63, 3.8) is 0 Å². The van der Waals surface area contributed by atoms with Gasteiger partial charge < -0.3 is 15.8 Å². The number of hydrogen-bond donors (Lipinski definition) is 2. The van der Waals surface area contributed by atoms with Crippen LogP contribution in [0.2, 0.25) is 0 Å². The third kappa shape index (κ3) is 15.7. The number of unbranched alkanes of at least 4 members (excludes halogenated alkanes) is 2. The van der Waals surface area contributed by atoms with Gasteiger partial charge in [-0.3, -0.25) is 4.79 Å². The molecule has 0 saturated carbocycles. The zero-order chi connectivity index (χ0) is 12.9. The monoisotopic (exact) mass is 280 g/mol. The lowest BCUT2D eigenvalue weighted by atomic mass is 10.1. The van der Waals surface area contributed by atoms with Gasteiger partial charge in [0.15, 0.2) is 0 Å². The number of ether oxygens (including phenoxy) is 1. The Labute approximate surface area is 117 Å². The molecule has 0 aliphatic rings. The number of esters is 1. The van der Waals surface area contributed by atoms with Crippen molar-refractivity contribution in [3.05, 3.63) is 0 Å². The standard InChI is InChI=1S/C13H28N2O2.ClH/c1-12(2)6-4-3-5-11-17-13(16)7-9-15-10-8-14;/h12,15H,3-11,14H2,1-2H3;1H. The van der Waals surface area contributed by atoms with Crippen LogP contribution in [0.3, 0.4) is 0 Å². The predicted octanol–water partition coefficient (Wildman–Crippen LogP) is 2.11. The number of nitrogens with two attached hydrogens (primary N) is 1. The average molecular weight is 281 g/mol. The Kier molecular flexibility index (Phi) is 16.4. The zero-order valence-corrected chi connectivity index (χ0v) is 12.6. The van der Waals surface area contributed by atoms with E-state index in [1.54, 1.807) is 0 Å². The first-order valence-electron chi connectivity index (χ1n) is 6.73. The van der Waals surface area contributed by atoms with E-state index in [9.17, 15) is 4.79 Å². The Hall–Kier alpha value is -0.320. The molecule has 110 valence electrons. The lowest BCUT2D eigenvalue weighted by Crippen LogP contribution is -2.25. The zero-order valence-electron chi connectivity index (χ0n) is 11.7. The second-order valence-electron chi connectivity index (χ2n) is 4.75. The summed E-state index contributed by atoms with van der Waals surface area (Å²) in [5, 5.41) is 3.06. The third-order valence-corrected chi connectivity index (χ3v) is 2.52. The van der Waals surface area contributed by atoms with Crippen LogP contribution in [0.5, 0.6) is 0 Å². The van der Waals surface area contributed by atoms with Crippen LogP contribution in [0.1, 0.15) is 46.0 Å². The fourth-order valence-electron chi connectivity index (χ4n) is 1.51. The molecule has 0 unspecified atom stereocenters. The summed E-state index contributed by atoms with van der Waals surface area (Å²) in [6, 6.07) is 0. The van der Waals surface area contributed by atoms with E-state index in [0.29, 0.717) is 26.1 Å². The number of rotatable bonds is 11. The molecule has 0 amide bonds. The van der Waals surface area contributed by atoms with Gasteiger partial charge in [0.25, 0.3) is 0 Å². The number of carbonyl (C=O) groups is 1. The first-order valence-corrected chi connectivity index (χ1v) is 6.73. The number of hydrogen-bond acceptors (Lipinski definition) is 4. The summed E-state index contributed by atoms with van der Waals surface area (Å²) >= 11 is 0. The molecule has 3 N–H and O–H groups in total. The smallest absolute Gasteiger partial charge is 0.307 e. The quantitative estimate of drug-likeness (QED) is 0.449. The van der Waals surface area contributed by atoms with E-state index in [4.69, 9.17) is 10.5 Å². The van der Waals surface area contributed by atoms with Gasteiger partial charge in [-0.25, -0.2) is 0 Å². The molecular formula is C13H29ClN2O2. The van der Waals surface area contributed by atoms with Crippen molar-refractivity contribution in [1.29, 1.82) is 0 Å². The maximum absolute atomic E-state index is 11.3. The van der Waals surface area contributed by atoms with E-state index >= 15 is 0 Å². The highest BCUT2D eigenvalue weighted by molar-refractivity contribution is 5.85. The van der Waals surface area contributed by atoms with Gasteiger partial charge in [0.2, 0.25) is 0 Å². The van der Waals surface area contributed by atoms with Crippen LogP contribution in [0.25, 0.3) is 0 Å². The predicted molar refractivity (Wildman–Crippen MR) is 78.1 cm³/mol. The maximum atomic E-state index is 11.3. The van der Waals surface area contributed by atoms with Crippen LogP contribution in [0.15, 0.2) is 0 Å². The van der Waals surface area contributed by atoms with Gasteiger partial charge in [-0.1, -0.05) is 33.1 Å². The Morgan fingerprint density at radius 3 is 2.56 bits per heavy atom. The molecule has 0 aromatic rings. The molecule has 0 rings (SSSR count). The molecule has 18 heavy (non-hydrogen) atoms. The number of nitrogens with one attached hydrogen (secondary N) is 1. The number of halogens is 1. The van der Waals surface area contributed by atoms with Crippen LogP contribution >= 0.6 is 12.4 Å². The molecule has 5 heteroatoms. The van der Waals surface area contributed by atoms with Gasteiger partial charge in [-0.2, -0.15) is 0 Å². The summed E-state index contributed by atoms with van der Waals surface area (Å²) in [5.74, 6) is 0.657. The third-order valence-electron chi connectivity index (χ3n) is 2.52. The normalized spacial score (nSPS) is 10.2. The van der Waals surface area contributed by atoms with Crippen molar-refractivity contribution in [2.24, 2.45) is 11.7 Å². The van der Waals surface area contributed by atoms with Crippen LogP contribution < -0.4 is 11.1 Å². The van der Waals surface area contributed by atoms with Crippen molar-refractivity contribution in [2.45, 2.75) is 46.0 Å².